The third-order valence-corrected chi connectivity index (χ3v) is 2.68. The zero-order valence-corrected chi connectivity index (χ0v) is 10.1. The highest BCUT2D eigenvalue weighted by molar-refractivity contribution is 6.01. The number of benzene rings is 1. The molecule has 2 N–H and O–H groups in total. The van der Waals surface area contributed by atoms with Crippen molar-refractivity contribution in [3.63, 3.8) is 0 Å². The molecule has 0 aliphatic carbocycles. The molecule has 96 valence electrons. The van der Waals surface area contributed by atoms with Gasteiger partial charge in [0.05, 0.1) is 5.56 Å². The van der Waals surface area contributed by atoms with Crippen molar-refractivity contribution in [1.29, 1.82) is 0 Å². The van der Waals surface area contributed by atoms with Crippen LogP contribution in [0.25, 0.3) is 11.1 Å². The van der Waals surface area contributed by atoms with Gasteiger partial charge in [-0.15, -0.1) is 0 Å². The van der Waals surface area contributed by atoms with Crippen LogP contribution in [0.3, 0.4) is 0 Å². The zero-order chi connectivity index (χ0) is 14.0. The van der Waals surface area contributed by atoms with Crippen molar-refractivity contribution in [1.82, 2.24) is 4.98 Å². The van der Waals surface area contributed by atoms with E-state index in [4.69, 9.17) is 5.11 Å². The molecule has 0 spiro atoms. The molecule has 19 heavy (non-hydrogen) atoms. The van der Waals surface area contributed by atoms with Gasteiger partial charge in [-0.2, -0.15) is 0 Å². The van der Waals surface area contributed by atoms with Crippen LogP contribution >= 0.6 is 0 Å². The Balaban J connectivity index is 2.72. The number of carboxylic acids is 2. The molecule has 0 atom stereocenters. The highest BCUT2D eigenvalue weighted by Crippen LogP contribution is 2.26. The summed E-state index contributed by atoms with van der Waals surface area (Å²) in [6, 6.07) is 9.49. The van der Waals surface area contributed by atoms with Crippen LogP contribution in [0, 0.1) is 6.92 Å². The lowest BCUT2D eigenvalue weighted by atomic mass is 9.98. The molecule has 5 nitrogen and oxygen atoms in total. The minimum absolute atomic E-state index is 0.0515. The molecule has 0 fully saturated rings. The molecule has 2 rings (SSSR count). The smallest absolute Gasteiger partial charge is 0.355 e. The first-order valence-corrected chi connectivity index (χ1v) is 5.54. The van der Waals surface area contributed by atoms with Gasteiger partial charge in [-0.3, -0.25) is 0 Å². The van der Waals surface area contributed by atoms with Gasteiger partial charge >= 0.3 is 11.9 Å². The Morgan fingerprint density at radius 1 is 0.947 bits per heavy atom. The van der Waals surface area contributed by atoms with Gasteiger partial charge < -0.3 is 10.2 Å². The van der Waals surface area contributed by atoms with Gasteiger partial charge in [0.25, 0.3) is 0 Å². The minimum Gasteiger partial charge on any atom is -0.478 e. The monoisotopic (exact) mass is 257 g/mol. The summed E-state index contributed by atoms with van der Waals surface area (Å²) in [6.07, 6.45) is 0. The molecular formula is C14H11NO4. The third kappa shape index (κ3) is 2.44. The van der Waals surface area contributed by atoms with Gasteiger partial charge in [-0.05, 0) is 24.6 Å². The van der Waals surface area contributed by atoms with Gasteiger partial charge in [0.15, 0.2) is 5.69 Å². The zero-order valence-electron chi connectivity index (χ0n) is 10.1. The van der Waals surface area contributed by atoms with E-state index in [1.165, 1.54) is 6.07 Å². The van der Waals surface area contributed by atoms with Gasteiger partial charge in [0.1, 0.15) is 0 Å². The molecule has 0 bridgehead atoms. The number of carbonyl (C=O) groups is 2. The lowest BCUT2D eigenvalue weighted by Crippen LogP contribution is -2.07. The number of rotatable bonds is 3. The number of pyridine rings is 1. The van der Waals surface area contributed by atoms with Crippen LogP contribution in [0.15, 0.2) is 36.4 Å². The molecule has 0 amide bonds. The van der Waals surface area contributed by atoms with E-state index in [1.54, 1.807) is 37.3 Å². The summed E-state index contributed by atoms with van der Waals surface area (Å²) in [5.74, 6) is -2.29. The Morgan fingerprint density at radius 3 is 2.26 bits per heavy atom. The molecule has 1 aromatic heterocycles. The second-order valence-corrected chi connectivity index (χ2v) is 4.00. The summed E-state index contributed by atoms with van der Waals surface area (Å²) in [6.45, 7) is 1.68. The summed E-state index contributed by atoms with van der Waals surface area (Å²) in [5.41, 5.74) is 1.12. The predicted molar refractivity (Wildman–Crippen MR) is 68.3 cm³/mol. The van der Waals surface area contributed by atoms with Crippen LogP contribution in [0.1, 0.15) is 26.5 Å². The summed E-state index contributed by atoms with van der Waals surface area (Å²) >= 11 is 0. The number of aromatic nitrogens is 1. The fourth-order valence-corrected chi connectivity index (χ4v) is 1.84. The Hall–Kier alpha value is -2.69. The first kappa shape index (κ1) is 12.8. The highest BCUT2D eigenvalue weighted by atomic mass is 16.4. The maximum Gasteiger partial charge on any atom is 0.355 e. The van der Waals surface area contributed by atoms with E-state index in [-0.39, 0.29) is 11.3 Å². The fraction of sp³-hybridized carbons (Fsp3) is 0.0714. The average molecular weight is 257 g/mol. The lowest BCUT2D eigenvalue weighted by molar-refractivity contribution is 0.0680. The Morgan fingerprint density at radius 2 is 1.63 bits per heavy atom. The van der Waals surface area contributed by atoms with Crippen LogP contribution < -0.4 is 0 Å². The number of aryl methyl sites for hydroxylation is 1. The normalized spacial score (nSPS) is 10.2. The predicted octanol–water partition coefficient (Wildman–Crippen LogP) is 2.45. The SMILES string of the molecule is Cc1ccc(-c2ccccc2C(=O)O)c(C(=O)O)n1. The summed E-state index contributed by atoms with van der Waals surface area (Å²) < 4.78 is 0. The topological polar surface area (TPSA) is 87.5 Å². The summed E-state index contributed by atoms with van der Waals surface area (Å²) in [7, 11) is 0. The maximum absolute atomic E-state index is 11.2. The van der Waals surface area contributed by atoms with E-state index < -0.39 is 11.9 Å². The van der Waals surface area contributed by atoms with Crippen molar-refractivity contribution in [2.75, 3.05) is 0 Å². The highest BCUT2D eigenvalue weighted by Gasteiger charge is 2.18. The first-order chi connectivity index (χ1) is 9.00. The molecular weight excluding hydrogens is 246 g/mol. The Bertz CT molecular complexity index is 664. The standard InChI is InChI=1S/C14H11NO4/c1-8-6-7-10(12(15-8)14(18)19)9-4-2-3-5-11(9)13(16)17/h2-7H,1H3,(H,16,17)(H,18,19). The number of aromatic carboxylic acids is 2. The number of hydrogen-bond donors (Lipinski definition) is 2. The van der Waals surface area contributed by atoms with Crippen molar-refractivity contribution in [2.24, 2.45) is 0 Å². The average Bonchev–Trinajstić information content (AvgIpc) is 2.38. The molecule has 0 aliphatic rings. The maximum atomic E-state index is 11.2. The van der Waals surface area contributed by atoms with Crippen molar-refractivity contribution >= 4 is 11.9 Å². The summed E-state index contributed by atoms with van der Waals surface area (Å²) in [5, 5.41) is 18.3. The van der Waals surface area contributed by atoms with Crippen LogP contribution in [-0.2, 0) is 0 Å². The largest absolute Gasteiger partial charge is 0.478 e. The fourth-order valence-electron chi connectivity index (χ4n) is 1.84. The summed E-state index contributed by atoms with van der Waals surface area (Å²) in [4.78, 5) is 26.4. The van der Waals surface area contributed by atoms with Gasteiger partial charge in [0.2, 0.25) is 0 Å². The molecule has 0 aliphatic heterocycles. The first-order valence-electron chi connectivity index (χ1n) is 5.54. The second-order valence-electron chi connectivity index (χ2n) is 4.00. The van der Waals surface area contributed by atoms with Gasteiger partial charge in [-0.1, -0.05) is 24.3 Å². The number of hydrogen-bond acceptors (Lipinski definition) is 3. The van der Waals surface area contributed by atoms with E-state index in [0.29, 0.717) is 16.8 Å². The Kier molecular flexibility index (Phi) is 3.29. The van der Waals surface area contributed by atoms with Crippen LogP contribution in [0.2, 0.25) is 0 Å². The molecule has 2 aromatic rings. The molecule has 5 heteroatoms. The van der Waals surface area contributed by atoms with Crippen molar-refractivity contribution in [3.8, 4) is 11.1 Å². The molecule has 1 aromatic carbocycles. The quantitative estimate of drug-likeness (QED) is 0.881. The number of carboxylic acid groups (broad SMARTS) is 2. The van der Waals surface area contributed by atoms with Crippen LogP contribution in [-0.4, -0.2) is 27.1 Å². The lowest BCUT2D eigenvalue weighted by Gasteiger charge is -2.09. The van der Waals surface area contributed by atoms with Gasteiger partial charge in [0, 0.05) is 11.3 Å². The van der Waals surface area contributed by atoms with E-state index in [9.17, 15) is 14.7 Å². The molecule has 0 radical (unpaired) electrons. The van der Waals surface area contributed by atoms with Crippen molar-refractivity contribution < 1.29 is 19.8 Å². The van der Waals surface area contributed by atoms with Crippen molar-refractivity contribution in [2.45, 2.75) is 6.92 Å². The van der Waals surface area contributed by atoms with Crippen LogP contribution in [0.4, 0.5) is 0 Å². The van der Waals surface area contributed by atoms with Crippen LogP contribution in [0.5, 0.6) is 0 Å². The third-order valence-electron chi connectivity index (χ3n) is 2.68. The molecule has 0 saturated heterocycles. The van der Waals surface area contributed by atoms with Gasteiger partial charge in [-0.25, -0.2) is 14.6 Å². The second kappa shape index (κ2) is 4.89. The minimum atomic E-state index is -1.18. The molecule has 1 heterocycles. The van der Waals surface area contributed by atoms with E-state index in [0.717, 1.165) is 0 Å². The van der Waals surface area contributed by atoms with E-state index >= 15 is 0 Å². The Labute approximate surface area is 109 Å². The van der Waals surface area contributed by atoms with Crippen molar-refractivity contribution in [3.05, 3.63) is 53.3 Å². The van der Waals surface area contributed by atoms with E-state index in [2.05, 4.69) is 4.98 Å². The number of nitrogens with zero attached hydrogens (tertiary/aromatic N) is 1. The molecule has 0 saturated carbocycles. The molecule has 0 unspecified atom stereocenters. The van der Waals surface area contributed by atoms with E-state index in [1.807, 2.05) is 0 Å².